The van der Waals surface area contributed by atoms with Gasteiger partial charge in [-0.3, -0.25) is 4.72 Å². The van der Waals surface area contributed by atoms with Crippen LogP contribution in [0.3, 0.4) is 0 Å². The molecule has 3 aromatic rings. The monoisotopic (exact) mass is 434 g/mol. The van der Waals surface area contributed by atoms with Crippen LogP contribution in [0.15, 0.2) is 70.5 Å². The molecule has 3 aromatic carbocycles. The number of hydrogen-bond acceptors (Lipinski definition) is 5. The van der Waals surface area contributed by atoms with Gasteiger partial charge in [-0.2, -0.15) is 0 Å². The van der Waals surface area contributed by atoms with Gasteiger partial charge in [0.1, 0.15) is 5.75 Å². The number of anilines is 1. The fourth-order valence-electron chi connectivity index (χ4n) is 2.90. The number of hydrogen-bond donors (Lipinski definition) is 3. The van der Waals surface area contributed by atoms with Crippen molar-refractivity contribution in [3.63, 3.8) is 0 Å². The summed E-state index contributed by atoms with van der Waals surface area (Å²) in [7, 11) is -7.82. The van der Waals surface area contributed by atoms with Crippen molar-refractivity contribution in [3.8, 4) is 5.75 Å². The average molecular weight is 435 g/mol. The minimum absolute atomic E-state index is 0.0789. The number of fused-ring (bicyclic) bond motifs is 1. The van der Waals surface area contributed by atoms with E-state index in [-0.39, 0.29) is 21.7 Å². The van der Waals surface area contributed by atoms with Crippen LogP contribution in [0.1, 0.15) is 19.8 Å². The van der Waals surface area contributed by atoms with Crippen LogP contribution < -0.4 is 9.44 Å². The lowest BCUT2D eigenvalue weighted by molar-refractivity contribution is 0.478. The van der Waals surface area contributed by atoms with E-state index in [2.05, 4.69) is 9.44 Å². The summed E-state index contributed by atoms with van der Waals surface area (Å²) in [6.07, 6.45) is 1.52. The molecular formula is C20H22N2O5S2. The second-order valence-electron chi connectivity index (χ2n) is 6.52. The largest absolute Gasteiger partial charge is 0.507 e. The Kier molecular flexibility index (Phi) is 6.11. The Morgan fingerprint density at radius 3 is 2.31 bits per heavy atom. The van der Waals surface area contributed by atoms with Gasteiger partial charge in [0.15, 0.2) is 0 Å². The minimum atomic E-state index is -3.97. The van der Waals surface area contributed by atoms with Gasteiger partial charge >= 0.3 is 0 Å². The summed E-state index contributed by atoms with van der Waals surface area (Å²) in [6, 6.07) is 15.2. The summed E-state index contributed by atoms with van der Waals surface area (Å²) in [6.45, 7) is 2.23. The zero-order chi connectivity index (χ0) is 21.1. The molecule has 0 bridgehead atoms. The Morgan fingerprint density at radius 2 is 1.62 bits per heavy atom. The predicted molar refractivity (Wildman–Crippen MR) is 113 cm³/mol. The van der Waals surface area contributed by atoms with E-state index in [1.165, 1.54) is 18.2 Å². The van der Waals surface area contributed by atoms with Crippen LogP contribution in [0.2, 0.25) is 0 Å². The normalized spacial score (nSPS) is 12.2. The average Bonchev–Trinajstić information content (AvgIpc) is 2.68. The highest BCUT2D eigenvalue weighted by Crippen LogP contribution is 2.34. The van der Waals surface area contributed by atoms with E-state index in [4.69, 9.17) is 0 Å². The van der Waals surface area contributed by atoms with Gasteiger partial charge in [-0.1, -0.05) is 43.7 Å². The molecule has 9 heteroatoms. The second kappa shape index (κ2) is 8.40. The van der Waals surface area contributed by atoms with Crippen LogP contribution in [0.5, 0.6) is 5.75 Å². The van der Waals surface area contributed by atoms with E-state index < -0.39 is 25.8 Å². The number of phenols is 1. The Balaban J connectivity index is 2.05. The molecule has 29 heavy (non-hydrogen) atoms. The molecule has 0 aliphatic heterocycles. The molecule has 7 nitrogen and oxygen atoms in total. The Labute approximate surface area is 170 Å². The van der Waals surface area contributed by atoms with Crippen LogP contribution in [0, 0.1) is 0 Å². The molecule has 0 amide bonds. The molecule has 0 heterocycles. The first-order valence-electron chi connectivity index (χ1n) is 9.08. The van der Waals surface area contributed by atoms with Crippen molar-refractivity contribution in [2.24, 2.45) is 0 Å². The smallest absolute Gasteiger partial charge is 0.262 e. The van der Waals surface area contributed by atoms with Crippen LogP contribution in [0.4, 0.5) is 5.69 Å². The van der Waals surface area contributed by atoms with Gasteiger partial charge in [0.05, 0.1) is 9.79 Å². The number of benzene rings is 3. The molecule has 0 aromatic heterocycles. The molecule has 154 valence electrons. The van der Waals surface area contributed by atoms with E-state index in [1.54, 1.807) is 36.4 Å². The third-order valence-electron chi connectivity index (χ3n) is 4.34. The molecule has 0 aliphatic carbocycles. The molecule has 0 saturated carbocycles. The summed E-state index contributed by atoms with van der Waals surface area (Å²) >= 11 is 0. The van der Waals surface area contributed by atoms with Crippen molar-refractivity contribution < 1.29 is 21.9 Å². The quantitative estimate of drug-likeness (QED) is 0.470. The first-order chi connectivity index (χ1) is 13.7. The summed E-state index contributed by atoms with van der Waals surface area (Å²) in [5.41, 5.74) is 0.378. The van der Waals surface area contributed by atoms with Gasteiger partial charge in [-0.25, -0.2) is 21.6 Å². The standard InChI is InChI=1S/C20H22N2O5S2/c1-2-3-12-21-29(26,27)19-11-7-8-15-13-17(14-18(23)20(15)19)28(24,25)22-16-9-5-4-6-10-16/h4-11,13-14,21-23H,2-3,12H2,1H3. The SMILES string of the molecule is CCCCNS(=O)(=O)c1cccc2cc(S(=O)(=O)Nc3ccccc3)cc(O)c12. The highest BCUT2D eigenvalue weighted by Gasteiger charge is 2.22. The maximum Gasteiger partial charge on any atom is 0.262 e. The maximum atomic E-state index is 12.7. The Hall–Kier alpha value is -2.62. The number of rotatable bonds is 8. The number of para-hydroxylation sites is 1. The van der Waals surface area contributed by atoms with E-state index in [1.807, 2.05) is 6.92 Å². The van der Waals surface area contributed by atoms with Gasteiger partial charge in [0.25, 0.3) is 10.0 Å². The van der Waals surface area contributed by atoms with Gasteiger partial charge in [-0.05, 0) is 36.1 Å². The Morgan fingerprint density at radius 1 is 0.897 bits per heavy atom. The van der Waals surface area contributed by atoms with E-state index in [0.29, 0.717) is 17.5 Å². The van der Waals surface area contributed by atoms with Crippen molar-refractivity contribution in [1.29, 1.82) is 0 Å². The fraction of sp³-hybridized carbons (Fsp3) is 0.200. The van der Waals surface area contributed by atoms with E-state index in [0.717, 1.165) is 12.5 Å². The minimum Gasteiger partial charge on any atom is -0.507 e. The van der Waals surface area contributed by atoms with Gasteiger partial charge < -0.3 is 5.11 Å². The van der Waals surface area contributed by atoms with Crippen molar-refractivity contribution in [3.05, 3.63) is 60.7 Å². The molecule has 0 saturated heterocycles. The van der Waals surface area contributed by atoms with Crippen molar-refractivity contribution in [1.82, 2.24) is 4.72 Å². The highest BCUT2D eigenvalue weighted by molar-refractivity contribution is 7.92. The maximum absolute atomic E-state index is 12.7. The number of aromatic hydroxyl groups is 1. The topological polar surface area (TPSA) is 113 Å². The second-order valence-corrected chi connectivity index (χ2v) is 9.94. The summed E-state index contributed by atoms with van der Waals surface area (Å²) in [5, 5.41) is 10.9. The van der Waals surface area contributed by atoms with Crippen LogP contribution in [-0.2, 0) is 20.0 Å². The molecule has 0 atom stereocenters. The van der Waals surface area contributed by atoms with Gasteiger partial charge in [0, 0.05) is 23.7 Å². The van der Waals surface area contributed by atoms with Crippen molar-refractivity contribution in [2.75, 3.05) is 11.3 Å². The number of unbranched alkanes of at least 4 members (excludes halogenated alkanes) is 1. The number of sulfonamides is 2. The lowest BCUT2D eigenvalue weighted by atomic mass is 10.1. The first-order valence-corrected chi connectivity index (χ1v) is 12.0. The lowest BCUT2D eigenvalue weighted by Crippen LogP contribution is -2.25. The summed E-state index contributed by atoms with van der Waals surface area (Å²) in [4.78, 5) is -0.261. The van der Waals surface area contributed by atoms with Gasteiger partial charge in [0.2, 0.25) is 10.0 Å². The first kappa shape index (κ1) is 21.1. The molecule has 0 radical (unpaired) electrons. The lowest BCUT2D eigenvalue weighted by Gasteiger charge is -2.13. The molecule has 0 aliphatic rings. The van der Waals surface area contributed by atoms with E-state index in [9.17, 15) is 21.9 Å². The number of nitrogens with one attached hydrogen (secondary N) is 2. The third kappa shape index (κ3) is 4.69. The zero-order valence-corrected chi connectivity index (χ0v) is 17.4. The zero-order valence-electron chi connectivity index (χ0n) is 15.8. The number of phenolic OH excluding ortho intramolecular Hbond substituents is 1. The van der Waals surface area contributed by atoms with Crippen molar-refractivity contribution in [2.45, 2.75) is 29.6 Å². The summed E-state index contributed by atoms with van der Waals surface area (Å²) < 4.78 is 55.6. The van der Waals surface area contributed by atoms with Crippen LogP contribution in [0.25, 0.3) is 10.8 Å². The predicted octanol–water partition coefficient (Wildman–Crippen LogP) is 3.42. The molecule has 0 unspecified atom stereocenters. The third-order valence-corrected chi connectivity index (χ3v) is 7.20. The molecule has 3 N–H and O–H groups in total. The van der Waals surface area contributed by atoms with Gasteiger partial charge in [-0.15, -0.1) is 0 Å². The molecule has 0 fully saturated rings. The highest BCUT2D eigenvalue weighted by atomic mass is 32.2. The summed E-state index contributed by atoms with van der Waals surface area (Å²) in [5.74, 6) is -0.424. The Bertz CT molecular complexity index is 1220. The van der Waals surface area contributed by atoms with Crippen LogP contribution in [-0.4, -0.2) is 28.5 Å². The molecule has 3 rings (SSSR count). The molecule has 0 spiro atoms. The molecular weight excluding hydrogens is 412 g/mol. The van der Waals surface area contributed by atoms with Crippen molar-refractivity contribution >= 4 is 36.5 Å². The fourth-order valence-corrected chi connectivity index (χ4v) is 5.34. The van der Waals surface area contributed by atoms with E-state index >= 15 is 0 Å². The van der Waals surface area contributed by atoms with Crippen LogP contribution >= 0.6 is 0 Å².